The van der Waals surface area contributed by atoms with Crippen molar-refractivity contribution in [2.24, 2.45) is 0 Å². The van der Waals surface area contributed by atoms with E-state index in [2.05, 4.69) is 10.2 Å². The third-order valence-corrected chi connectivity index (χ3v) is 3.10. The zero-order chi connectivity index (χ0) is 11.7. The van der Waals surface area contributed by atoms with Crippen molar-refractivity contribution in [2.45, 2.75) is 25.4 Å². The van der Waals surface area contributed by atoms with Crippen LogP contribution in [-0.4, -0.2) is 33.6 Å². The largest absolute Gasteiger partial charge is 0.378 e. The van der Waals surface area contributed by atoms with Crippen LogP contribution in [0.15, 0.2) is 18.3 Å². The van der Waals surface area contributed by atoms with Gasteiger partial charge in [-0.1, -0.05) is 0 Å². The van der Waals surface area contributed by atoms with Gasteiger partial charge in [-0.15, -0.1) is 10.2 Å². The van der Waals surface area contributed by atoms with E-state index < -0.39 is 0 Å². The fraction of sp³-hybridized carbons (Fsp3) is 0.417. The second kappa shape index (κ2) is 4.25. The normalized spacial score (nSPS) is 19.9. The van der Waals surface area contributed by atoms with E-state index in [4.69, 9.17) is 4.74 Å². The molecule has 0 radical (unpaired) electrons. The number of hydrogen-bond donors (Lipinski definition) is 0. The number of pyridine rings is 1. The van der Waals surface area contributed by atoms with Crippen molar-refractivity contribution in [3.8, 4) is 0 Å². The molecule has 0 spiro atoms. The molecule has 0 aromatic carbocycles. The summed E-state index contributed by atoms with van der Waals surface area (Å²) >= 11 is 0. The van der Waals surface area contributed by atoms with E-state index >= 15 is 0 Å². The van der Waals surface area contributed by atoms with Gasteiger partial charge in [-0.3, -0.25) is 9.20 Å². The number of aromatic nitrogens is 3. The van der Waals surface area contributed by atoms with Crippen molar-refractivity contribution in [1.82, 2.24) is 14.6 Å². The highest BCUT2D eigenvalue weighted by Crippen LogP contribution is 2.17. The van der Waals surface area contributed by atoms with Gasteiger partial charge in [-0.2, -0.15) is 0 Å². The SMILES string of the molecule is O=Cc1cccn2c(CC3CCCO3)nnc12. The van der Waals surface area contributed by atoms with E-state index in [1.165, 1.54) is 0 Å². The molecule has 5 heteroatoms. The fourth-order valence-electron chi connectivity index (χ4n) is 2.22. The predicted octanol–water partition coefficient (Wildman–Crippen LogP) is 1.26. The Morgan fingerprint density at radius 2 is 2.47 bits per heavy atom. The molecule has 0 saturated carbocycles. The van der Waals surface area contributed by atoms with E-state index in [-0.39, 0.29) is 6.10 Å². The highest BCUT2D eigenvalue weighted by molar-refractivity contribution is 5.83. The van der Waals surface area contributed by atoms with E-state index in [0.717, 1.165) is 38.0 Å². The summed E-state index contributed by atoms with van der Waals surface area (Å²) in [7, 11) is 0. The number of nitrogens with zero attached hydrogens (tertiary/aromatic N) is 3. The molecule has 3 heterocycles. The van der Waals surface area contributed by atoms with Crippen molar-refractivity contribution in [3.63, 3.8) is 0 Å². The Morgan fingerprint density at radius 1 is 1.53 bits per heavy atom. The smallest absolute Gasteiger partial charge is 0.171 e. The molecular formula is C12H13N3O2. The molecule has 0 N–H and O–H groups in total. The summed E-state index contributed by atoms with van der Waals surface area (Å²) in [5.74, 6) is 0.857. The maximum atomic E-state index is 10.9. The predicted molar refractivity (Wildman–Crippen MR) is 61.1 cm³/mol. The van der Waals surface area contributed by atoms with Crippen molar-refractivity contribution in [3.05, 3.63) is 29.7 Å². The van der Waals surface area contributed by atoms with Crippen LogP contribution < -0.4 is 0 Å². The second-order valence-electron chi connectivity index (χ2n) is 4.23. The molecule has 1 aliphatic heterocycles. The Bertz CT molecular complexity index is 544. The Kier molecular flexibility index (Phi) is 2.60. The summed E-state index contributed by atoms with van der Waals surface area (Å²) in [5.41, 5.74) is 1.19. The molecule has 5 nitrogen and oxygen atoms in total. The quantitative estimate of drug-likeness (QED) is 0.746. The molecule has 88 valence electrons. The third-order valence-electron chi connectivity index (χ3n) is 3.10. The third kappa shape index (κ3) is 1.82. The summed E-state index contributed by atoms with van der Waals surface area (Å²) in [6, 6.07) is 3.58. The maximum absolute atomic E-state index is 10.9. The lowest BCUT2D eigenvalue weighted by atomic mass is 10.2. The number of fused-ring (bicyclic) bond motifs is 1. The summed E-state index contributed by atoms with van der Waals surface area (Å²) < 4.78 is 7.45. The minimum atomic E-state index is 0.238. The molecule has 1 unspecified atom stereocenters. The van der Waals surface area contributed by atoms with E-state index in [1.807, 2.05) is 16.7 Å². The summed E-state index contributed by atoms with van der Waals surface area (Å²) in [5, 5.41) is 8.20. The highest BCUT2D eigenvalue weighted by atomic mass is 16.5. The minimum Gasteiger partial charge on any atom is -0.378 e. The van der Waals surface area contributed by atoms with Crippen molar-refractivity contribution in [2.75, 3.05) is 6.61 Å². The van der Waals surface area contributed by atoms with Crippen LogP contribution in [0.5, 0.6) is 0 Å². The van der Waals surface area contributed by atoms with E-state index in [9.17, 15) is 4.79 Å². The second-order valence-corrected chi connectivity index (χ2v) is 4.23. The van der Waals surface area contributed by atoms with Crippen molar-refractivity contribution >= 4 is 11.9 Å². The number of carbonyl (C=O) groups excluding carboxylic acids is 1. The van der Waals surface area contributed by atoms with Crippen LogP contribution in [0.4, 0.5) is 0 Å². The Balaban J connectivity index is 1.97. The van der Waals surface area contributed by atoms with E-state index in [0.29, 0.717) is 11.2 Å². The van der Waals surface area contributed by atoms with Gasteiger partial charge in [0.05, 0.1) is 11.7 Å². The number of aldehydes is 1. The molecule has 1 aliphatic rings. The van der Waals surface area contributed by atoms with Gasteiger partial charge in [0, 0.05) is 19.2 Å². The van der Waals surface area contributed by atoms with Crippen LogP contribution >= 0.6 is 0 Å². The van der Waals surface area contributed by atoms with Crippen LogP contribution in [0.1, 0.15) is 29.0 Å². The molecule has 0 amide bonds. The first-order valence-electron chi connectivity index (χ1n) is 5.78. The lowest BCUT2D eigenvalue weighted by molar-refractivity contribution is 0.109. The first-order valence-corrected chi connectivity index (χ1v) is 5.78. The standard InChI is InChI=1S/C12H13N3O2/c16-8-9-3-1-5-15-11(13-14-12(9)15)7-10-4-2-6-17-10/h1,3,5,8,10H,2,4,6-7H2. The zero-order valence-electron chi connectivity index (χ0n) is 9.37. The van der Waals surface area contributed by atoms with Gasteiger partial charge in [0.25, 0.3) is 0 Å². The van der Waals surface area contributed by atoms with Crippen LogP contribution in [0.25, 0.3) is 5.65 Å². The van der Waals surface area contributed by atoms with Gasteiger partial charge in [0.15, 0.2) is 11.9 Å². The highest BCUT2D eigenvalue weighted by Gasteiger charge is 2.19. The molecule has 1 fully saturated rings. The first kappa shape index (κ1) is 10.4. The molecule has 1 saturated heterocycles. The Labute approximate surface area is 98.4 Å². The van der Waals surface area contributed by atoms with Gasteiger partial charge < -0.3 is 4.74 Å². The lowest BCUT2D eigenvalue weighted by Crippen LogP contribution is -2.11. The average Bonchev–Trinajstić information content (AvgIpc) is 2.99. The number of rotatable bonds is 3. The average molecular weight is 231 g/mol. The van der Waals surface area contributed by atoms with Gasteiger partial charge in [0.1, 0.15) is 5.82 Å². The molecule has 0 bridgehead atoms. The molecular weight excluding hydrogens is 218 g/mol. The number of hydrogen-bond acceptors (Lipinski definition) is 4. The Hall–Kier alpha value is -1.75. The van der Waals surface area contributed by atoms with Crippen LogP contribution in [0.2, 0.25) is 0 Å². The summed E-state index contributed by atoms with van der Waals surface area (Å²) in [6.45, 7) is 0.834. The molecule has 3 rings (SSSR count). The molecule has 2 aromatic heterocycles. The van der Waals surface area contributed by atoms with Crippen molar-refractivity contribution in [1.29, 1.82) is 0 Å². The summed E-state index contributed by atoms with van der Waals surface area (Å²) in [4.78, 5) is 10.9. The van der Waals surface area contributed by atoms with Gasteiger partial charge in [-0.25, -0.2) is 0 Å². The first-order chi connectivity index (χ1) is 8.38. The zero-order valence-corrected chi connectivity index (χ0v) is 9.37. The monoisotopic (exact) mass is 231 g/mol. The van der Waals surface area contributed by atoms with Crippen LogP contribution in [-0.2, 0) is 11.2 Å². The lowest BCUT2D eigenvalue weighted by Gasteiger charge is -2.07. The molecule has 17 heavy (non-hydrogen) atoms. The molecule has 0 aliphatic carbocycles. The van der Waals surface area contributed by atoms with Crippen molar-refractivity contribution < 1.29 is 9.53 Å². The van der Waals surface area contributed by atoms with E-state index in [1.54, 1.807) is 6.07 Å². The summed E-state index contributed by atoms with van der Waals surface area (Å²) in [6.07, 6.45) is 5.86. The van der Waals surface area contributed by atoms with Gasteiger partial charge in [-0.05, 0) is 25.0 Å². The van der Waals surface area contributed by atoms with Gasteiger partial charge in [0.2, 0.25) is 0 Å². The number of carbonyl (C=O) groups is 1. The van der Waals surface area contributed by atoms with Crippen LogP contribution in [0, 0.1) is 0 Å². The topological polar surface area (TPSA) is 56.5 Å². The number of ether oxygens (including phenoxy) is 1. The Morgan fingerprint density at radius 3 is 3.24 bits per heavy atom. The van der Waals surface area contributed by atoms with Crippen LogP contribution in [0.3, 0.4) is 0 Å². The molecule has 1 atom stereocenters. The fourth-order valence-corrected chi connectivity index (χ4v) is 2.22. The molecule has 2 aromatic rings. The van der Waals surface area contributed by atoms with Gasteiger partial charge >= 0.3 is 0 Å². The maximum Gasteiger partial charge on any atom is 0.171 e. The minimum absolute atomic E-state index is 0.238.